The van der Waals surface area contributed by atoms with E-state index in [1.165, 1.54) is 16.7 Å². The number of hydrogen-bond donors (Lipinski definition) is 1. The second kappa shape index (κ2) is 5.31. The van der Waals surface area contributed by atoms with Gasteiger partial charge in [0.15, 0.2) is 0 Å². The van der Waals surface area contributed by atoms with Crippen molar-refractivity contribution in [2.75, 3.05) is 6.61 Å². The molecular weight excluding hydrogens is 250 g/mol. The molecule has 0 radical (unpaired) electrons. The lowest BCUT2D eigenvalue weighted by molar-refractivity contribution is -0.137. The van der Waals surface area contributed by atoms with Crippen molar-refractivity contribution in [1.29, 1.82) is 0 Å². The van der Waals surface area contributed by atoms with E-state index < -0.39 is 0 Å². The van der Waals surface area contributed by atoms with Gasteiger partial charge in [-0.2, -0.15) is 0 Å². The first kappa shape index (κ1) is 14.6. The molecule has 1 aromatic rings. The Hall–Kier alpha value is -1.77. The number of ether oxygens (including phenoxy) is 1. The average Bonchev–Trinajstić information content (AvgIpc) is 2.31. The van der Waals surface area contributed by atoms with Crippen LogP contribution in [0.3, 0.4) is 0 Å². The lowest BCUT2D eigenvalue weighted by Gasteiger charge is -2.36. The van der Waals surface area contributed by atoms with E-state index in [9.17, 15) is 4.79 Å². The number of fused-ring (bicyclic) bond motifs is 1. The number of rotatable bonds is 2. The zero-order chi connectivity index (χ0) is 14.9. The summed E-state index contributed by atoms with van der Waals surface area (Å²) in [5.41, 5.74) is 5.72. The number of hydrogen-bond acceptors (Lipinski definition) is 3. The van der Waals surface area contributed by atoms with Crippen LogP contribution in [0.5, 0.6) is 0 Å². The molecule has 0 aromatic heterocycles. The van der Waals surface area contributed by atoms with Gasteiger partial charge < -0.3 is 10.1 Å². The van der Waals surface area contributed by atoms with Crippen LogP contribution in [0.15, 0.2) is 18.2 Å². The van der Waals surface area contributed by atoms with Gasteiger partial charge in [-0.15, -0.1) is 0 Å². The molecule has 0 saturated carbocycles. The minimum atomic E-state index is -0.295. The van der Waals surface area contributed by atoms with Crippen molar-refractivity contribution in [3.8, 4) is 0 Å². The number of benzene rings is 1. The fourth-order valence-corrected chi connectivity index (χ4v) is 2.64. The van der Waals surface area contributed by atoms with Crippen LogP contribution < -0.4 is 5.32 Å². The van der Waals surface area contributed by atoms with Crippen LogP contribution in [-0.4, -0.2) is 18.1 Å². The molecule has 0 aliphatic carbocycles. The van der Waals surface area contributed by atoms with Gasteiger partial charge in [0.25, 0.3) is 0 Å². The Morgan fingerprint density at radius 1 is 1.35 bits per heavy atom. The molecule has 0 fully saturated rings. The Morgan fingerprint density at radius 2 is 2.00 bits per heavy atom. The van der Waals surface area contributed by atoms with Crippen LogP contribution in [0.1, 0.15) is 43.0 Å². The molecule has 1 aromatic carbocycles. The predicted molar refractivity (Wildman–Crippen MR) is 81.4 cm³/mol. The molecule has 1 heterocycles. The second-order valence-corrected chi connectivity index (χ2v) is 6.09. The smallest absolute Gasteiger partial charge is 0.332 e. The van der Waals surface area contributed by atoms with E-state index >= 15 is 0 Å². The predicted octanol–water partition coefficient (Wildman–Crippen LogP) is 3.13. The summed E-state index contributed by atoms with van der Waals surface area (Å²) in [4.78, 5) is 11.7. The monoisotopic (exact) mass is 273 g/mol. The lowest BCUT2D eigenvalue weighted by atomic mass is 9.84. The Kier molecular flexibility index (Phi) is 3.89. The maximum absolute atomic E-state index is 11.7. The molecule has 1 aliphatic heterocycles. The summed E-state index contributed by atoms with van der Waals surface area (Å²) in [5, 5.41) is 3.45. The van der Waals surface area contributed by atoms with E-state index in [0.29, 0.717) is 6.61 Å². The van der Waals surface area contributed by atoms with Gasteiger partial charge in [0, 0.05) is 22.9 Å². The summed E-state index contributed by atoms with van der Waals surface area (Å²) in [6.07, 6.45) is 2.52. The lowest BCUT2D eigenvalue weighted by Crippen LogP contribution is -2.44. The Labute approximate surface area is 121 Å². The van der Waals surface area contributed by atoms with Gasteiger partial charge in [-0.05, 0) is 63.8 Å². The van der Waals surface area contributed by atoms with E-state index in [-0.39, 0.29) is 11.5 Å². The highest BCUT2D eigenvalue weighted by atomic mass is 16.5. The quantitative estimate of drug-likeness (QED) is 0.664. The van der Waals surface area contributed by atoms with Gasteiger partial charge >= 0.3 is 5.97 Å². The van der Waals surface area contributed by atoms with Crippen molar-refractivity contribution in [2.45, 2.75) is 46.6 Å². The Balaban J connectivity index is 2.49. The number of carbonyl (C=O) groups is 1. The third-order valence-electron chi connectivity index (χ3n) is 3.66. The SMILES string of the molecule is CCOC(=O)/C=C1/NC(C)(C)Cc2cc(C)c(C)cc21. The zero-order valence-electron chi connectivity index (χ0n) is 13.0. The van der Waals surface area contributed by atoms with E-state index in [0.717, 1.165) is 17.7 Å². The molecule has 0 amide bonds. The first-order valence-electron chi connectivity index (χ1n) is 7.09. The molecule has 0 unspecified atom stereocenters. The van der Waals surface area contributed by atoms with Crippen molar-refractivity contribution < 1.29 is 9.53 Å². The number of esters is 1. The number of aryl methyl sites for hydroxylation is 2. The maximum Gasteiger partial charge on any atom is 0.332 e. The molecule has 108 valence electrons. The molecule has 0 spiro atoms. The highest BCUT2D eigenvalue weighted by molar-refractivity contribution is 5.92. The molecule has 1 N–H and O–H groups in total. The van der Waals surface area contributed by atoms with Gasteiger partial charge in [0.1, 0.15) is 0 Å². The van der Waals surface area contributed by atoms with Crippen LogP contribution in [0.2, 0.25) is 0 Å². The largest absolute Gasteiger partial charge is 0.463 e. The van der Waals surface area contributed by atoms with Crippen molar-refractivity contribution in [3.63, 3.8) is 0 Å². The highest BCUT2D eigenvalue weighted by Crippen LogP contribution is 2.31. The normalized spacial score (nSPS) is 18.4. The van der Waals surface area contributed by atoms with E-state index in [2.05, 4.69) is 45.1 Å². The fraction of sp³-hybridized carbons (Fsp3) is 0.471. The van der Waals surface area contributed by atoms with Crippen molar-refractivity contribution >= 4 is 11.7 Å². The topological polar surface area (TPSA) is 38.3 Å². The number of carbonyl (C=O) groups excluding carboxylic acids is 1. The van der Waals surface area contributed by atoms with Gasteiger partial charge in [-0.1, -0.05) is 6.07 Å². The van der Waals surface area contributed by atoms with Crippen LogP contribution in [-0.2, 0) is 16.0 Å². The van der Waals surface area contributed by atoms with Crippen LogP contribution in [0, 0.1) is 13.8 Å². The molecule has 3 nitrogen and oxygen atoms in total. The van der Waals surface area contributed by atoms with Crippen molar-refractivity contribution in [2.24, 2.45) is 0 Å². The third-order valence-corrected chi connectivity index (χ3v) is 3.66. The summed E-state index contributed by atoms with van der Waals surface area (Å²) in [5.74, 6) is -0.295. The standard InChI is InChI=1S/C17H23NO2/c1-6-20-16(19)9-15-14-8-12(3)11(2)7-13(14)10-17(4,5)18-15/h7-9,18H,6,10H2,1-5H3/b15-9+. The van der Waals surface area contributed by atoms with Crippen molar-refractivity contribution in [1.82, 2.24) is 5.32 Å². The minimum Gasteiger partial charge on any atom is -0.463 e. The van der Waals surface area contributed by atoms with Gasteiger partial charge in [0.05, 0.1) is 6.61 Å². The number of nitrogens with one attached hydrogen (secondary N) is 1. The van der Waals surface area contributed by atoms with E-state index in [1.807, 2.05) is 6.92 Å². The van der Waals surface area contributed by atoms with Crippen LogP contribution in [0.4, 0.5) is 0 Å². The molecule has 0 saturated heterocycles. The third kappa shape index (κ3) is 3.03. The zero-order valence-corrected chi connectivity index (χ0v) is 13.0. The van der Waals surface area contributed by atoms with Gasteiger partial charge in [0.2, 0.25) is 0 Å². The Morgan fingerprint density at radius 3 is 2.65 bits per heavy atom. The molecule has 20 heavy (non-hydrogen) atoms. The molecule has 2 rings (SSSR count). The van der Waals surface area contributed by atoms with Crippen LogP contribution >= 0.6 is 0 Å². The molecule has 1 aliphatic rings. The van der Waals surface area contributed by atoms with Gasteiger partial charge in [-0.3, -0.25) is 0 Å². The van der Waals surface area contributed by atoms with E-state index in [4.69, 9.17) is 4.74 Å². The minimum absolute atomic E-state index is 0.0625. The second-order valence-electron chi connectivity index (χ2n) is 6.09. The summed E-state index contributed by atoms with van der Waals surface area (Å²) in [6, 6.07) is 4.38. The Bertz CT molecular complexity index is 571. The van der Waals surface area contributed by atoms with E-state index in [1.54, 1.807) is 6.08 Å². The maximum atomic E-state index is 11.7. The first-order chi connectivity index (χ1) is 9.32. The molecule has 0 bridgehead atoms. The summed E-state index contributed by atoms with van der Waals surface area (Å²) >= 11 is 0. The summed E-state index contributed by atoms with van der Waals surface area (Å²) in [7, 11) is 0. The fourth-order valence-electron chi connectivity index (χ4n) is 2.64. The van der Waals surface area contributed by atoms with Gasteiger partial charge in [-0.25, -0.2) is 4.79 Å². The van der Waals surface area contributed by atoms with Crippen LogP contribution in [0.25, 0.3) is 5.70 Å². The molecule has 0 atom stereocenters. The average molecular weight is 273 g/mol. The molecular formula is C17H23NO2. The molecule has 3 heteroatoms. The first-order valence-corrected chi connectivity index (χ1v) is 7.09. The van der Waals surface area contributed by atoms with Crippen molar-refractivity contribution in [3.05, 3.63) is 40.5 Å². The summed E-state index contributed by atoms with van der Waals surface area (Å²) in [6.45, 7) is 10.7. The summed E-state index contributed by atoms with van der Waals surface area (Å²) < 4.78 is 5.03. The highest BCUT2D eigenvalue weighted by Gasteiger charge is 2.28.